The van der Waals surface area contributed by atoms with Crippen molar-refractivity contribution in [3.63, 3.8) is 0 Å². The van der Waals surface area contributed by atoms with Crippen LogP contribution in [0.1, 0.15) is 18.9 Å². The Bertz CT molecular complexity index is 806. The zero-order valence-corrected chi connectivity index (χ0v) is 13.6. The maximum absolute atomic E-state index is 14.4. The van der Waals surface area contributed by atoms with E-state index in [2.05, 4.69) is 13.2 Å². The first-order valence-electron chi connectivity index (χ1n) is 7.44. The summed E-state index contributed by atoms with van der Waals surface area (Å²) in [7, 11) is 0. The van der Waals surface area contributed by atoms with Crippen LogP contribution in [0.3, 0.4) is 0 Å². The van der Waals surface area contributed by atoms with Gasteiger partial charge in [-0.05, 0) is 24.1 Å². The summed E-state index contributed by atoms with van der Waals surface area (Å²) in [5, 5.41) is 0. The molecule has 4 nitrogen and oxygen atoms in total. The van der Waals surface area contributed by atoms with Crippen LogP contribution in [0.15, 0.2) is 61.2 Å². The number of esters is 2. The van der Waals surface area contributed by atoms with Crippen molar-refractivity contribution < 1.29 is 27.8 Å². The molecule has 0 N–H and O–H groups in total. The molecule has 0 fully saturated rings. The molecule has 1 aromatic rings. The van der Waals surface area contributed by atoms with Gasteiger partial charge in [0.15, 0.2) is 0 Å². The van der Waals surface area contributed by atoms with Gasteiger partial charge in [-0.2, -0.15) is 0 Å². The SMILES string of the molecule is C=CC(=O)OC1=CC(F)=C(c2ccc(OC(=O)C=C)cc2F)CC1C. The largest absolute Gasteiger partial charge is 0.428 e. The van der Waals surface area contributed by atoms with Crippen molar-refractivity contribution in [3.05, 3.63) is 72.6 Å². The average molecular weight is 346 g/mol. The molecule has 0 heterocycles. The molecule has 0 bridgehead atoms. The molecule has 0 saturated heterocycles. The molecule has 25 heavy (non-hydrogen) atoms. The van der Waals surface area contributed by atoms with Gasteiger partial charge in [0.05, 0.1) is 0 Å². The Kier molecular flexibility index (Phi) is 5.64. The fraction of sp³-hybridized carbons (Fsp3) is 0.158. The highest BCUT2D eigenvalue weighted by Crippen LogP contribution is 2.38. The number of hydrogen-bond donors (Lipinski definition) is 0. The second-order valence-electron chi connectivity index (χ2n) is 5.37. The molecular formula is C19H16F2O4. The highest BCUT2D eigenvalue weighted by Gasteiger charge is 2.25. The summed E-state index contributed by atoms with van der Waals surface area (Å²) >= 11 is 0. The predicted molar refractivity (Wildman–Crippen MR) is 88.4 cm³/mol. The highest BCUT2D eigenvalue weighted by molar-refractivity contribution is 5.84. The lowest BCUT2D eigenvalue weighted by atomic mass is 9.89. The zero-order valence-electron chi connectivity index (χ0n) is 13.6. The molecule has 130 valence electrons. The maximum Gasteiger partial charge on any atom is 0.335 e. The minimum atomic E-state index is -0.730. The molecular weight excluding hydrogens is 330 g/mol. The molecule has 1 aliphatic rings. The number of carbonyl (C=O) groups is 2. The summed E-state index contributed by atoms with van der Waals surface area (Å²) < 4.78 is 38.5. The third-order valence-corrected chi connectivity index (χ3v) is 3.59. The van der Waals surface area contributed by atoms with E-state index in [-0.39, 0.29) is 35.0 Å². The van der Waals surface area contributed by atoms with Crippen LogP contribution in [0.5, 0.6) is 5.75 Å². The highest BCUT2D eigenvalue weighted by atomic mass is 19.1. The number of allylic oxidation sites excluding steroid dienone is 4. The van der Waals surface area contributed by atoms with Crippen molar-refractivity contribution in [1.29, 1.82) is 0 Å². The van der Waals surface area contributed by atoms with Crippen LogP contribution in [-0.4, -0.2) is 11.9 Å². The third-order valence-electron chi connectivity index (χ3n) is 3.59. The van der Waals surface area contributed by atoms with Crippen molar-refractivity contribution in [1.82, 2.24) is 0 Å². The second-order valence-corrected chi connectivity index (χ2v) is 5.37. The quantitative estimate of drug-likeness (QED) is 0.454. The van der Waals surface area contributed by atoms with E-state index in [4.69, 9.17) is 9.47 Å². The molecule has 1 aliphatic carbocycles. The number of rotatable bonds is 5. The van der Waals surface area contributed by atoms with Crippen LogP contribution in [0.4, 0.5) is 8.78 Å². The Labute approximate surface area is 143 Å². The standard InChI is InChI=1S/C19H16F2O4/c1-4-18(22)24-12-6-7-13(15(20)9-12)14-8-11(3)17(10-16(14)21)25-19(23)5-2/h4-7,9-11H,1-2,8H2,3H3. The van der Waals surface area contributed by atoms with Gasteiger partial charge in [0.1, 0.15) is 23.2 Å². The lowest BCUT2D eigenvalue weighted by Gasteiger charge is -2.22. The van der Waals surface area contributed by atoms with Gasteiger partial charge < -0.3 is 9.47 Å². The van der Waals surface area contributed by atoms with E-state index in [0.717, 1.165) is 24.3 Å². The molecule has 6 heteroatoms. The van der Waals surface area contributed by atoms with Gasteiger partial charge in [-0.3, -0.25) is 0 Å². The van der Waals surface area contributed by atoms with Crippen molar-refractivity contribution in [2.45, 2.75) is 13.3 Å². The third kappa shape index (κ3) is 4.29. The van der Waals surface area contributed by atoms with Crippen molar-refractivity contribution in [3.8, 4) is 5.75 Å². The monoisotopic (exact) mass is 346 g/mol. The van der Waals surface area contributed by atoms with Crippen LogP contribution in [0, 0.1) is 11.7 Å². The first-order valence-corrected chi connectivity index (χ1v) is 7.44. The molecule has 0 amide bonds. The Balaban J connectivity index is 2.33. The topological polar surface area (TPSA) is 52.6 Å². The van der Waals surface area contributed by atoms with Crippen LogP contribution in [0.2, 0.25) is 0 Å². The fourth-order valence-electron chi connectivity index (χ4n) is 2.35. The van der Waals surface area contributed by atoms with Crippen LogP contribution in [-0.2, 0) is 14.3 Å². The second kappa shape index (κ2) is 7.70. The van der Waals surface area contributed by atoms with Gasteiger partial charge in [-0.25, -0.2) is 18.4 Å². The summed E-state index contributed by atoms with van der Waals surface area (Å²) in [5.74, 6) is -3.01. The first kappa shape index (κ1) is 18.3. The minimum absolute atomic E-state index is 0.00726. The van der Waals surface area contributed by atoms with Crippen molar-refractivity contribution in [2.75, 3.05) is 0 Å². The predicted octanol–water partition coefficient (Wildman–Crippen LogP) is 4.25. The number of ether oxygens (including phenoxy) is 2. The average Bonchev–Trinajstić information content (AvgIpc) is 2.58. The molecule has 0 aromatic heterocycles. The minimum Gasteiger partial charge on any atom is -0.428 e. The van der Waals surface area contributed by atoms with Crippen molar-refractivity contribution >= 4 is 17.5 Å². The Morgan fingerprint density at radius 3 is 2.40 bits per heavy atom. The normalized spacial score (nSPS) is 16.8. The van der Waals surface area contributed by atoms with Gasteiger partial charge in [0.25, 0.3) is 0 Å². The Morgan fingerprint density at radius 1 is 1.16 bits per heavy atom. The zero-order chi connectivity index (χ0) is 18.6. The van der Waals surface area contributed by atoms with Gasteiger partial charge in [-0.1, -0.05) is 20.1 Å². The molecule has 0 spiro atoms. The van der Waals surface area contributed by atoms with E-state index in [1.165, 1.54) is 12.1 Å². The van der Waals surface area contributed by atoms with E-state index < -0.39 is 23.6 Å². The number of benzene rings is 1. The van der Waals surface area contributed by atoms with E-state index in [1.54, 1.807) is 6.92 Å². The number of carbonyl (C=O) groups excluding carboxylic acids is 2. The lowest BCUT2D eigenvalue weighted by Crippen LogP contribution is -2.13. The molecule has 2 rings (SSSR count). The number of halogens is 2. The van der Waals surface area contributed by atoms with Crippen LogP contribution >= 0.6 is 0 Å². The summed E-state index contributed by atoms with van der Waals surface area (Å²) in [6.45, 7) is 8.26. The molecule has 1 aromatic carbocycles. The van der Waals surface area contributed by atoms with Gasteiger partial charge >= 0.3 is 11.9 Å². The Hall–Kier alpha value is -3.02. The van der Waals surface area contributed by atoms with E-state index in [0.29, 0.717) is 0 Å². The first-order chi connectivity index (χ1) is 11.8. The molecule has 0 aliphatic heterocycles. The smallest absolute Gasteiger partial charge is 0.335 e. The van der Waals surface area contributed by atoms with E-state index in [1.807, 2.05) is 0 Å². The molecule has 0 saturated carbocycles. The van der Waals surface area contributed by atoms with Crippen LogP contribution in [0.25, 0.3) is 5.57 Å². The molecule has 1 unspecified atom stereocenters. The summed E-state index contributed by atoms with van der Waals surface area (Å²) in [6, 6.07) is 3.69. The summed E-state index contributed by atoms with van der Waals surface area (Å²) in [4.78, 5) is 22.4. The molecule has 0 radical (unpaired) electrons. The van der Waals surface area contributed by atoms with Gasteiger partial charge in [0.2, 0.25) is 0 Å². The maximum atomic E-state index is 14.4. The summed E-state index contributed by atoms with van der Waals surface area (Å²) in [6.07, 6.45) is 3.14. The van der Waals surface area contributed by atoms with Crippen LogP contribution < -0.4 is 4.74 Å². The van der Waals surface area contributed by atoms with Crippen molar-refractivity contribution in [2.24, 2.45) is 5.92 Å². The van der Waals surface area contributed by atoms with E-state index >= 15 is 0 Å². The number of hydrogen-bond acceptors (Lipinski definition) is 4. The summed E-state index contributed by atoms with van der Waals surface area (Å²) in [5.41, 5.74) is 0.193. The molecule has 1 atom stereocenters. The fourth-order valence-corrected chi connectivity index (χ4v) is 2.35. The Morgan fingerprint density at radius 2 is 1.80 bits per heavy atom. The van der Waals surface area contributed by atoms with E-state index in [9.17, 15) is 18.4 Å². The van der Waals surface area contributed by atoms with Gasteiger partial charge in [-0.15, -0.1) is 0 Å². The lowest BCUT2D eigenvalue weighted by molar-refractivity contribution is -0.134. The van der Waals surface area contributed by atoms with Gasteiger partial charge in [0, 0.05) is 35.8 Å².